The Bertz CT molecular complexity index is 786. The molecule has 5 nitrogen and oxygen atoms in total. The molecule has 1 aromatic heterocycles. The van der Waals surface area contributed by atoms with Crippen LogP contribution in [0.25, 0.3) is 0 Å². The Balaban J connectivity index is 1.72. The molecule has 1 aliphatic heterocycles. The van der Waals surface area contributed by atoms with Crippen molar-refractivity contribution in [3.63, 3.8) is 0 Å². The Morgan fingerprint density at radius 3 is 2.79 bits per heavy atom. The molecule has 1 aromatic carbocycles. The molecule has 0 unspecified atom stereocenters. The van der Waals surface area contributed by atoms with Crippen LogP contribution in [0.2, 0.25) is 5.02 Å². The third-order valence-corrected chi connectivity index (χ3v) is 6.51. The lowest BCUT2D eigenvalue weighted by molar-refractivity contribution is 0.0514. The monoisotopic (exact) mass is 420 g/mol. The second kappa shape index (κ2) is 10.2. The standard InChI is InChI=1S/C21H29ClN4OS/c1-3-18-13-24-19(28-18)14-25-20(23-4-2)26-15-21(8-10-27-11-9-21)16-6-5-7-17(22)12-16/h5-7,12-13H,3-4,8-11,14-15H2,1-2H3,(H2,23,25,26). The number of halogens is 1. The number of ether oxygens (including phenoxy) is 1. The molecular weight excluding hydrogens is 392 g/mol. The van der Waals surface area contributed by atoms with Crippen LogP contribution in [0.4, 0.5) is 0 Å². The molecule has 0 aliphatic carbocycles. The van der Waals surface area contributed by atoms with Crippen molar-refractivity contribution in [1.82, 2.24) is 15.6 Å². The van der Waals surface area contributed by atoms with Crippen LogP contribution in [0.3, 0.4) is 0 Å². The van der Waals surface area contributed by atoms with Crippen molar-refractivity contribution in [3.05, 3.63) is 50.9 Å². The predicted octanol–water partition coefficient (Wildman–Crippen LogP) is 4.16. The first-order valence-electron chi connectivity index (χ1n) is 9.95. The molecule has 0 atom stereocenters. The van der Waals surface area contributed by atoms with Gasteiger partial charge in [0, 0.05) is 47.8 Å². The molecule has 2 aromatic rings. The maximum atomic E-state index is 6.28. The molecule has 152 valence electrons. The van der Waals surface area contributed by atoms with Crippen molar-refractivity contribution in [1.29, 1.82) is 0 Å². The first-order chi connectivity index (χ1) is 13.6. The number of nitrogens with zero attached hydrogens (tertiary/aromatic N) is 2. The normalized spacial score (nSPS) is 16.8. The Hall–Kier alpha value is -1.63. The van der Waals surface area contributed by atoms with E-state index in [4.69, 9.17) is 21.3 Å². The summed E-state index contributed by atoms with van der Waals surface area (Å²) in [5, 5.41) is 8.73. The van der Waals surface area contributed by atoms with Gasteiger partial charge in [-0.15, -0.1) is 11.3 Å². The van der Waals surface area contributed by atoms with Gasteiger partial charge in [-0.05, 0) is 43.9 Å². The summed E-state index contributed by atoms with van der Waals surface area (Å²) in [4.78, 5) is 10.5. The van der Waals surface area contributed by atoms with E-state index < -0.39 is 0 Å². The third kappa shape index (κ3) is 5.46. The Morgan fingerprint density at radius 2 is 2.11 bits per heavy atom. The van der Waals surface area contributed by atoms with Gasteiger partial charge in [-0.1, -0.05) is 30.7 Å². The number of benzene rings is 1. The smallest absolute Gasteiger partial charge is 0.191 e. The van der Waals surface area contributed by atoms with Gasteiger partial charge >= 0.3 is 0 Å². The average Bonchev–Trinajstić information content (AvgIpc) is 3.19. The lowest BCUT2D eigenvalue weighted by Crippen LogP contribution is -2.48. The van der Waals surface area contributed by atoms with E-state index in [1.165, 1.54) is 10.4 Å². The summed E-state index contributed by atoms with van der Waals surface area (Å²) in [5.41, 5.74) is 1.26. The number of aliphatic imine (C=N–C) groups is 1. The zero-order chi connectivity index (χ0) is 19.8. The van der Waals surface area contributed by atoms with Gasteiger partial charge in [0.25, 0.3) is 0 Å². The van der Waals surface area contributed by atoms with Crippen LogP contribution in [0.1, 0.15) is 42.1 Å². The molecule has 0 amide bonds. The number of aromatic nitrogens is 1. The lowest BCUT2D eigenvalue weighted by atomic mass is 9.74. The molecule has 0 radical (unpaired) electrons. The molecule has 28 heavy (non-hydrogen) atoms. The molecular formula is C21H29ClN4OS. The maximum absolute atomic E-state index is 6.28. The number of aryl methyl sites for hydroxylation is 1. The number of hydrogen-bond donors (Lipinski definition) is 2. The SMILES string of the molecule is CCNC(=NCc1ncc(CC)s1)NCC1(c2cccc(Cl)c2)CCOCC1. The number of nitrogens with one attached hydrogen (secondary N) is 2. The summed E-state index contributed by atoms with van der Waals surface area (Å²) in [6.45, 7) is 7.96. The van der Waals surface area contributed by atoms with Crippen LogP contribution in [-0.2, 0) is 23.1 Å². The minimum atomic E-state index is -0.00406. The van der Waals surface area contributed by atoms with Gasteiger partial charge < -0.3 is 15.4 Å². The van der Waals surface area contributed by atoms with E-state index in [-0.39, 0.29) is 5.41 Å². The van der Waals surface area contributed by atoms with E-state index in [0.29, 0.717) is 6.54 Å². The van der Waals surface area contributed by atoms with Crippen molar-refractivity contribution in [2.75, 3.05) is 26.3 Å². The maximum Gasteiger partial charge on any atom is 0.191 e. The fraction of sp³-hybridized carbons (Fsp3) is 0.524. The lowest BCUT2D eigenvalue weighted by Gasteiger charge is -2.38. The van der Waals surface area contributed by atoms with Gasteiger partial charge in [0.1, 0.15) is 5.01 Å². The molecule has 1 saturated heterocycles. The van der Waals surface area contributed by atoms with Gasteiger partial charge in [-0.2, -0.15) is 0 Å². The van der Waals surface area contributed by atoms with Crippen LogP contribution >= 0.6 is 22.9 Å². The van der Waals surface area contributed by atoms with Crippen LogP contribution < -0.4 is 10.6 Å². The summed E-state index contributed by atoms with van der Waals surface area (Å²) >= 11 is 8.01. The van der Waals surface area contributed by atoms with Gasteiger partial charge in [0.2, 0.25) is 0 Å². The summed E-state index contributed by atoms with van der Waals surface area (Å²) in [6.07, 6.45) is 4.90. The van der Waals surface area contributed by atoms with Gasteiger partial charge in [-0.25, -0.2) is 9.98 Å². The summed E-state index contributed by atoms with van der Waals surface area (Å²) < 4.78 is 5.64. The minimum Gasteiger partial charge on any atom is -0.381 e. The van der Waals surface area contributed by atoms with Crippen molar-refractivity contribution in [2.45, 2.75) is 45.1 Å². The fourth-order valence-electron chi connectivity index (χ4n) is 3.47. The Kier molecular flexibility index (Phi) is 7.71. The van der Waals surface area contributed by atoms with Crippen LogP contribution in [0, 0.1) is 0 Å². The van der Waals surface area contributed by atoms with E-state index >= 15 is 0 Å². The quantitative estimate of drug-likeness (QED) is 0.521. The van der Waals surface area contributed by atoms with E-state index in [1.807, 2.05) is 18.3 Å². The van der Waals surface area contributed by atoms with E-state index in [2.05, 4.69) is 41.6 Å². The molecule has 2 heterocycles. The second-order valence-corrected chi connectivity index (χ2v) is 8.66. The first-order valence-corrected chi connectivity index (χ1v) is 11.1. The van der Waals surface area contributed by atoms with Gasteiger partial charge in [-0.3, -0.25) is 0 Å². The highest BCUT2D eigenvalue weighted by molar-refractivity contribution is 7.11. The summed E-state index contributed by atoms with van der Waals surface area (Å²) in [7, 11) is 0. The van der Waals surface area contributed by atoms with E-state index in [0.717, 1.165) is 61.6 Å². The highest BCUT2D eigenvalue weighted by Crippen LogP contribution is 2.35. The number of hydrogen-bond acceptors (Lipinski definition) is 4. The highest BCUT2D eigenvalue weighted by atomic mass is 35.5. The van der Waals surface area contributed by atoms with Crippen molar-refractivity contribution in [3.8, 4) is 0 Å². The zero-order valence-corrected chi connectivity index (χ0v) is 18.2. The Morgan fingerprint density at radius 1 is 1.29 bits per heavy atom. The Labute approximate surface area is 176 Å². The molecule has 2 N–H and O–H groups in total. The average molecular weight is 421 g/mol. The topological polar surface area (TPSA) is 58.5 Å². The van der Waals surface area contributed by atoms with Crippen LogP contribution in [-0.4, -0.2) is 37.2 Å². The second-order valence-electron chi connectivity index (χ2n) is 7.03. The molecule has 7 heteroatoms. The predicted molar refractivity (Wildman–Crippen MR) is 117 cm³/mol. The molecule has 1 fully saturated rings. The summed E-state index contributed by atoms with van der Waals surface area (Å²) in [6, 6.07) is 8.21. The molecule has 1 aliphatic rings. The number of thiazole rings is 1. The summed E-state index contributed by atoms with van der Waals surface area (Å²) in [5.74, 6) is 0.823. The minimum absolute atomic E-state index is 0.00406. The van der Waals surface area contributed by atoms with E-state index in [9.17, 15) is 0 Å². The molecule has 0 saturated carbocycles. The van der Waals surface area contributed by atoms with Gasteiger partial charge in [0.05, 0.1) is 6.54 Å². The fourth-order valence-corrected chi connectivity index (χ4v) is 4.45. The number of rotatable bonds is 7. The van der Waals surface area contributed by atoms with Gasteiger partial charge in [0.15, 0.2) is 5.96 Å². The highest BCUT2D eigenvalue weighted by Gasteiger charge is 2.34. The molecule has 0 bridgehead atoms. The van der Waals surface area contributed by atoms with Crippen molar-refractivity contribution >= 4 is 28.9 Å². The van der Waals surface area contributed by atoms with Crippen LogP contribution in [0.5, 0.6) is 0 Å². The largest absolute Gasteiger partial charge is 0.381 e. The van der Waals surface area contributed by atoms with Crippen molar-refractivity contribution in [2.24, 2.45) is 4.99 Å². The van der Waals surface area contributed by atoms with Crippen molar-refractivity contribution < 1.29 is 4.74 Å². The first kappa shape index (κ1) is 21.1. The molecule has 3 rings (SSSR count). The number of guanidine groups is 1. The van der Waals surface area contributed by atoms with E-state index in [1.54, 1.807) is 11.3 Å². The van der Waals surface area contributed by atoms with Crippen LogP contribution in [0.15, 0.2) is 35.5 Å². The molecule has 0 spiro atoms. The zero-order valence-electron chi connectivity index (χ0n) is 16.6. The third-order valence-electron chi connectivity index (χ3n) is 5.15.